The molecule has 6 nitrogen and oxygen atoms in total. The van der Waals surface area contributed by atoms with Crippen molar-refractivity contribution in [3.05, 3.63) is 35.6 Å². The van der Waals surface area contributed by atoms with Crippen LogP contribution in [0.5, 0.6) is 0 Å². The predicted molar refractivity (Wildman–Crippen MR) is 100 cm³/mol. The van der Waals surface area contributed by atoms with E-state index in [9.17, 15) is 14.0 Å². The molecular weight excluding hydrogens is 351 g/mol. The lowest BCUT2D eigenvalue weighted by molar-refractivity contribution is -0.123. The molecule has 0 aromatic heterocycles. The molecule has 1 N–H and O–H groups in total. The van der Waals surface area contributed by atoms with E-state index in [-0.39, 0.29) is 11.7 Å². The second kappa shape index (κ2) is 8.69. The van der Waals surface area contributed by atoms with Gasteiger partial charge in [-0.05, 0) is 51.3 Å². The monoisotopic (exact) mass is 380 g/mol. The van der Waals surface area contributed by atoms with Crippen LogP contribution < -0.4 is 5.32 Å². The number of methoxy groups -OCH3 is 1. The van der Waals surface area contributed by atoms with Crippen LogP contribution in [0.25, 0.3) is 0 Å². The Bertz CT molecular complexity index is 651. The number of nitrogens with zero attached hydrogens (tertiary/aromatic N) is 1. The van der Waals surface area contributed by atoms with Gasteiger partial charge in [-0.3, -0.25) is 4.79 Å². The van der Waals surface area contributed by atoms with E-state index < -0.39 is 17.1 Å². The molecule has 0 unspecified atom stereocenters. The van der Waals surface area contributed by atoms with Gasteiger partial charge in [0, 0.05) is 26.7 Å². The zero-order chi connectivity index (χ0) is 20.1. The molecular formula is C20H29FN2O4. The van der Waals surface area contributed by atoms with Crippen LogP contribution in [0, 0.1) is 5.82 Å². The van der Waals surface area contributed by atoms with Crippen molar-refractivity contribution in [1.82, 2.24) is 10.2 Å². The van der Waals surface area contributed by atoms with Crippen molar-refractivity contribution in [3.8, 4) is 0 Å². The normalized spacial score (nSPS) is 15.1. The molecule has 7 heteroatoms. The average molecular weight is 380 g/mol. The van der Waals surface area contributed by atoms with Gasteiger partial charge in [0.2, 0.25) is 5.91 Å². The Hall–Kier alpha value is -2.15. The van der Waals surface area contributed by atoms with E-state index in [0.717, 1.165) is 18.4 Å². The number of nitrogens with one attached hydrogen (secondary N) is 1. The molecule has 0 heterocycles. The molecule has 27 heavy (non-hydrogen) atoms. The summed E-state index contributed by atoms with van der Waals surface area (Å²) in [6.45, 7) is 6.81. The second-order valence-corrected chi connectivity index (χ2v) is 7.81. The first-order valence-corrected chi connectivity index (χ1v) is 9.19. The van der Waals surface area contributed by atoms with Gasteiger partial charge in [-0.25, -0.2) is 9.18 Å². The average Bonchev–Trinajstić information content (AvgIpc) is 3.38. The maximum atomic E-state index is 13.1. The Balaban J connectivity index is 1.90. The number of halogens is 1. The first kappa shape index (κ1) is 21.2. The molecule has 1 saturated carbocycles. The number of carbonyl (C=O) groups excluding carboxylic acids is 2. The molecule has 1 aliphatic rings. The highest BCUT2D eigenvalue weighted by Crippen LogP contribution is 2.48. The summed E-state index contributed by atoms with van der Waals surface area (Å²) in [7, 11) is 1.56. The van der Waals surface area contributed by atoms with Gasteiger partial charge in [-0.2, -0.15) is 0 Å². The van der Waals surface area contributed by atoms with E-state index >= 15 is 0 Å². The number of ether oxygens (including phenoxy) is 2. The molecule has 0 radical (unpaired) electrons. The summed E-state index contributed by atoms with van der Waals surface area (Å²) in [5, 5.41) is 2.90. The fourth-order valence-corrected chi connectivity index (χ4v) is 2.84. The summed E-state index contributed by atoms with van der Waals surface area (Å²) < 4.78 is 23.6. The highest BCUT2D eigenvalue weighted by atomic mass is 19.1. The quantitative estimate of drug-likeness (QED) is 0.753. The molecule has 0 aliphatic heterocycles. The Morgan fingerprint density at radius 3 is 2.33 bits per heavy atom. The number of carbonyl (C=O) groups is 2. The minimum Gasteiger partial charge on any atom is -0.444 e. The summed E-state index contributed by atoms with van der Waals surface area (Å²) in [4.78, 5) is 26.5. The molecule has 1 aliphatic carbocycles. The third kappa shape index (κ3) is 5.92. The summed E-state index contributed by atoms with van der Waals surface area (Å²) in [6, 6.07) is 6.07. The number of hydrogen-bond donors (Lipinski definition) is 1. The Labute approximate surface area is 160 Å². The summed E-state index contributed by atoms with van der Waals surface area (Å²) in [6.07, 6.45) is 1.04. The molecule has 2 rings (SSSR count). The lowest BCUT2D eigenvalue weighted by Crippen LogP contribution is -2.44. The largest absolute Gasteiger partial charge is 0.444 e. The van der Waals surface area contributed by atoms with Crippen LogP contribution in [0.3, 0.4) is 0 Å². The van der Waals surface area contributed by atoms with Crippen molar-refractivity contribution in [2.45, 2.75) is 44.6 Å². The SMILES string of the molecule is COCCN(CCNC(=O)C1(c2ccc(F)cc2)CC1)C(=O)OC(C)(C)C. The first-order chi connectivity index (χ1) is 12.7. The third-order valence-corrected chi connectivity index (χ3v) is 4.47. The maximum Gasteiger partial charge on any atom is 0.410 e. The van der Waals surface area contributed by atoms with Gasteiger partial charge < -0.3 is 19.7 Å². The minimum absolute atomic E-state index is 0.0926. The van der Waals surface area contributed by atoms with E-state index in [4.69, 9.17) is 9.47 Å². The Morgan fingerprint density at radius 2 is 1.81 bits per heavy atom. The van der Waals surface area contributed by atoms with Crippen molar-refractivity contribution < 1.29 is 23.5 Å². The molecule has 0 atom stereocenters. The standard InChI is InChI=1S/C20H29FN2O4/c1-19(2,3)27-18(25)23(13-14-26-4)12-11-22-17(24)20(9-10-20)15-5-7-16(21)8-6-15/h5-8H,9-14H2,1-4H3,(H,22,24). The Morgan fingerprint density at radius 1 is 1.19 bits per heavy atom. The van der Waals surface area contributed by atoms with Crippen LogP contribution in [0.4, 0.5) is 9.18 Å². The molecule has 1 aromatic carbocycles. The van der Waals surface area contributed by atoms with Gasteiger partial charge in [0.05, 0.1) is 12.0 Å². The zero-order valence-electron chi connectivity index (χ0n) is 16.5. The van der Waals surface area contributed by atoms with Crippen LogP contribution in [0.2, 0.25) is 0 Å². The second-order valence-electron chi connectivity index (χ2n) is 7.81. The predicted octanol–water partition coefficient (Wildman–Crippen LogP) is 2.86. The van der Waals surface area contributed by atoms with E-state index in [1.807, 2.05) is 0 Å². The molecule has 2 amide bonds. The maximum absolute atomic E-state index is 13.1. The number of hydrogen-bond acceptors (Lipinski definition) is 4. The van der Waals surface area contributed by atoms with E-state index in [2.05, 4.69) is 5.32 Å². The first-order valence-electron chi connectivity index (χ1n) is 9.19. The van der Waals surface area contributed by atoms with Gasteiger partial charge in [0.1, 0.15) is 11.4 Å². The van der Waals surface area contributed by atoms with E-state index in [0.29, 0.717) is 26.2 Å². The molecule has 150 valence electrons. The van der Waals surface area contributed by atoms with Gasteiger partial charge >= 0.3 is 6.09 Å². The summed E-state index contributed by atoms with van der Waals surface area (Å²) in [5.74, 6) is -0.411. The van der Waals surface area contributed by atoms with Crippen molar-refractivity contribution in [2.75, 3.05) is 33.4 Å². The highest BCUT2D eigenvalue weighted by molar-refractivity contribution is 5.91. The number of benzene rings is 1. The van der Waals surface area contributed by atoms with E-state index in [1.54, 1.807) is 40.0 Å². The van der Waals surface area contributed by atoms with Crippen molar-refractivity contribution in [1.29, 1.82) is 0 Å². The minimum atomic E-state index is -0.591. The van der Waals surface area contributed by atoms with Gasteiger partial charge in [-0.15, -0.1) is 0 Å². The number of amides is 2. The topological polar surface area (TPSA) is 67.9 Å². The van der Waals surface area contributed by atoms with Crippen LogP contribution in [-0.2, 0) is 19.7 Å². The van der Waals surface area contributed by atoms with Crippen molar-refractivity contribution in [2.24, 2.45) is 0 Å². The van der Waals surface area contributed by atoms with Gasteiger partial charge in [0.15, 0.2) is 0 Å². The fraction of sp³-hybridized carbons (Fsp3) is 0.600. The van der Waals surface area contributed by atoms with Crippen LogP contribution >= 0.6 is 0 Å². The Kier molecular flexibility index (Phi) is 6.81. The molecule has 0 saturated heterocycles. The van der Waals surface area contributed by atoms with Crippen LogP contribution in [-0.4, -0.2) is 55.9 Å². The van der Waals surface area contributed by atoms with Crippen molar-refractivity contribution >= 4 is 12.0 Å². The summed E-state index contributed by atoms with van der Waals surface area (Å²) >= 11 is 0. The lowest BCUT2D eigenvalue weighted by atomic mass is 9.95. The lowest BCUT2D eigenvalue weighted by Gasteiger charge is -2.27. The highest BCUT2D eigenvalue weighted by Gasteiger charge is 2.51. The van der Waals surface area contributed by atoms with Crippen molar-refractivity contribution in [3.63, 3.8) is 0 Å². The van der Waals surface area contributed by atoms with Gasteiger partial charge in [0.25, 0.3) is 0 Å². The fourth-order valence-electron chi connectivity index (χ4n) is 2.84. The van der Waals surface area contributed by atoms with Crippen LogP contribution in [0.15, 0.2) is 24.3 Å². The number of rotatable bonds is 8. The van der Waals surface area contributed by atoms with E-state index in [1.165, 1.54) is 17.0 Å². The third-order valence-electron chi connectivity index (χ3n) is 4.47. The smallest absolute Gasteiger partial charge is 0.410 e. The van der Waals surface area contributed by atoms with Gasteiger partial charge in [-0.1, -0.05) is 12.1 Å². The molecule has 0 bridgehead atoms. The zero-order valence-corrected chi connectivity index (χ0v) is 16.5. The van der Waals surface area contributed by atoms with Crippen LogP contribution in [0.1, 0.15) is 39.2 Å². The molecule has 0 spiro atoms. The summed E-state index contributed by atoms with van der Waals surface area (Å²) in [5.41, 5.74) is -0.340. The molecule has 1 fully saturated rings. The molecule has 1 aromatic rings.